The van der Waals surface area contributed by atoms with Crippen molar-refractivity contribution in [1.82, 2.24) is 5.32 Å². The zero-order valence-corrected chi connectivity index (χ0v) is 11.7. The van der Waals surface area contributed by atoms with Gasteiger partial charge in [-0.2, -0.15) is 0 Å². The van der Waals surface area contributed by atoms with Crippen molar-refractivity contribution in [3.05, 3.63) is 35.9 Å². The van der Waals surface area contributed by atoms with E-state index in [1.54, 1.807) is 0 Å². The fourth-order valence-electron chi connectivity index (χ4n) is 2.76. The summed E-state index contributed by atoms with van der Waals surface area (Å²) in [7, 11) is 0. The van der Waals surface area contributed by atoms with Crippen molar-refractivity contribution < 1.29 is 14.7 Å². The molecule has 1 amide bonds. The van der Waals surface area contributed by atoms with Crippen molar-refractivity contribution in [2.24, 2.45) is 5.92 Å². The Morgan fingerprint density at radius 1 is 1.25 bits per heavy atom. The number of nitrogens with one attached hydrogen (secondary N) is 1. The third-order valence-corrected chi connectivity index (χ3v) is 4.06. The van der Waals surface area contributed by atoms with Crippen LogP contribution in [-0.4, -0.2) is 23.0 Å². The molecule has 3 atom stereocenters. The maximum atomic E-state index is 12.2. The lowest BCUT2D eigenvalue weighted by Gasteiger charge is -2.28. The molecule has 0 heterocycles. The van der Waals surface area contributed by atoms with Gasteiger partial charge in [-0.05, 0) is 31.7 Å². The largest absolute Gasteiger partial charge is 0.481 e. The van der Waals surface area contributed by atoms with Crippen LogP contribution < -0.4 is 5.32 Å². The van der Waals surface area contributed by atoms with Gasteiger partial charge in [-0.3, -0.25) is 9.59 Å². The number of carbonyl (C=O) groups excluding carboxylic acids is 1. The molecule has 4 heteroatoms. The minimum atomic E-state index is -0.750. The smallest absolute Gasteiger partial charge is 0.306 e. The minimum absolute atomic E-state index is 0.0106. The summed E-state index contributed by atoms with van der Waals surface area (Å²) < 4.78 is 0. The zero-order chi connectivity index (χ0) is 14.5. The van der Waals surface area contributed by atoms with Gasteiger partial charge >= 0.3 is 5.97 Å². The van der Waals surface area contributed by atoms with E-state index in [2.05, 4.69) is 5.32 Å². The number of carboxylic acid groups (broad SMARTS) is 1. The minimum Gasteiger partial charge on any atom is -0.481 e. The Hall–Kier alpha value is -1.84. The summed E-state index contributed by atoms with van der Waals surface area (Å²) >= 11 is 0. The Labute approximate surface area is 119 Å². The van der Waals surface area contributed by atoms with E-state index in [9.17, 15) is 9.59 Å². The van der Waals surface area contributed by atoms with Crippen LogP contribution in [0.5, 0.6) is 0 Å². The molecule has 0 spiro atoms. The lowest BCUT2D eigenvalue weighted by atomic mass is 9.85. The van der Waals surface area contributed by atoms with Gasteiger partial charge in [0.2, 0.25) is 5.91 Å². The van der Waals surface area contributed by atoms with Crippen LogP contribution in [0.3, 0.4) is 0 Å². The predicted octanol–water partition coefficient (Wildman–Crippen LogP) is 2.55. The van der Waals surface area contributed by atoms with Gasteiger partial charge in [-0.1, -0.05) is 36.8 Å². The van der Waals surface area contributed by atoms with E-state index in [4.69, 9.17) is 5.11 Å². The van der Waals surface area contributed by atoms with Crippen LogP contribution in [0, 0.1) is 5.92 Å². The van der Waals surface area contributed by atoms with Gasteiger partial charge in [0, 0.05) is 6.04 Å². The monoisotopic (exact) mass is 275 g/mol. The molecule has 1 saturated carbocycles. The molecular formula is C16H21NO3. The van der Waals surface area contributed by atoms with E-state index in [0.717, 1.165) is 24.8 Å². The molecule has 0 aliphatic heterocycles. The van der Waals surface area contributed by atoms with Gasteiger partial charge in [-0.25, -0.2) is 0 Å². The number of carboxylic acids is 1. The summed E-state index contributed by atoms with van der Waals surface area (Å²) in [5.74, 6) is -1.30. The second-order valence-electron chi connectivity index (χ2n) is 5.54. The second kappa shape index (κ2) is 6.55. The molecule has 20 heavy (non-hydrogen) atoms. The summed E-state index contributed by atoms with van der Waals surface area (Å²) in [5.41, 5.74) is 0.982. The summed E-state index contributed by atoms with van der Waals surface area (Å²) in [5, 5.41) is 12.1. The molecule has 1 aliphatic rings. The summed E-state index contributed by atoms with van der Waals surface area (Å²) in [4.78, 5) is 23.3. The first-order valence-corrected chi connectivity index (χ1v) is 7.16. The van der Waals surface area contributed by atoms with E-state index < -0.39 is 5.97 Å². The van der Waals surface area contributed by atoms with Gasteiger partial charge in [0.1, 0.15) is 0 Å². The topological polar surface area (TPSA) is 66.4 Å². The lowest BCUT2D eigenvalue weighted by molar-refractivity contribution is -0.143. The number of carbonyl (C=O) groups is 2. The van der Waals surface area contributed by atoms with Crippen LogP contribution in [0.2, 0.25) is 0 Å². The summed E-state index contributed by atoms with van der Waals surface area (Å²) in [6.07, 6.45) is 3.00. The normalized spacial score (nSPS) is 23.9. The van der Waals surface area contributed by atoms with Gasteiger partial charge in [0.15, 0.2) is 0 Å². The molecule has 108 valence electrons. The van der Waals surface area contributed by atoms with E-state index >= 15 is 0 Å². The third-order valence-electron chi connectivity index (χ3n) is 4.06. The summed E-state index contributed by atoms with van der Waals surface area (Å²) in [6.45, 7) is 1.88. The third kappa shape index (κ3) is 3.59. The Kier molecular flexibility index (Phi) is 4.77. The molecule has 0 radical (unpaired) electrons. The molecule has 1 aromatic carbocycles. The van der Waals surface area contributed by atoms with Gasteiger partial charge in [0.25, 0.3) is 0 Å². The molecule has 0 saturated heterocycles. The molecule has 2 N–H and O–H groups in total. The Morgan fingerprint density at radius 2 is 1.95 bits per heavy atom. The number of hydrogen-bond donors (Lipinski definition) is 2. The van der Waals surface area contributed by atoms with Crippen LogP contribution in [0.1, 0.15) is 44.1 Å². The lowest BCUT2D eigenvalue weighted by Crippen LogP contribution is -2.41. The van der Waals surface area contributed by atoms with Gasteiger partial charge < -0.3 is 10.4 Å². The van der Waals surface area contributed by atoms with Gasteiger partial charge in [0.05, 0.1) is 11.8 Å². The highest BCUT2D eigenvalue weighted by atomic mass is 16.4. The Bertz CT molecular complexity index is 472. The van der Waals surface area contributed by atoms with Crippen LogP contribution in [0.25, 0.3) is 0 Å². The molecule has 0 aromatic heterocycles. The average Bonchev–Trinajstić information content (AvgIpc) is 2.47. The first-order valence-electron chi connectivity index (χ1n) is 7.16. The van der Waals surface area contributed by atoms with Crippen LogP contribution in [0.4, 0.5) is 0 Å². The van der Waals surface area contributed by atoms with Crippen LogP contribution >= 0.6 is 0 Å². The molecule has 3 unspecified atom stereocenters. The molecule has 0 bridgehead atoms. The maximum absolute atomic E-state index is 12.2. The maximum Gasteiger partial charge on any atom is 0.306 e. The number of rotatable bonds is 4. The molecule has 4 nitrogen and oxygen atoms in total. The fraction of sp³-hybridized carbons (Fsp3) is 0.500. The quantitative estimate of drug-likeness (QED) is 0.887. The van der Waals surface area contributed by atoms with Crippen molar-refractivity contribution in [2.75, 3.05) is 0 Å². The first kappa shape index (κ1) is 14.6. The molecule has 1 aromatic rings. The molecule has 1 fully saturated rings. The molecule has 2 rings (SSSR count). The van der Waals surface area contributed by atoms with Crippen LogP contribution in [0.15, 0.2) is 30.3 Å². The van der Waals surface area contributed by atoms with E-state index in [-0.39, 0.29) is 23.8 Å². The highest BCUT2D eigenvalue weighted by molar-refractivity contribution is 5.83. The second-order valence-corrected chi connectivity index (χ2v) is 5.54. The molecular weight excluding hydrogens is 254 g/mol. The number of amides is 1. The number of hydrogen-bond acceptors (Lipinski definition) is 2. The van der Waals surface area contributed by atoms with E-state index in [0.29, 0.717) is 6.42 Å². The average molecular weight is 275 g/mol. The first-order chi connectivity index (χ1) is 9.58. The standard InChI is InChI=1S/C16H21NO3/c1-11(12-6-3-2-4-7-12)15(18)17-14-9-5-8-13(10-14)16(19)20/h2-4,6-7,11,13-14H,5,8-10H2,1H3,(H,17,18)(H,19,20). The fourth-order valence-corrected chi connectivity index (χ4v) is 2.76. The summed E-state index contributed by atoms with van der Waals surface area (Å²) in [6, 6.07) is 9.62. The Morgan fingerprint density at radius 3 is 2.60 bits per heavy atom. The van der Waals surface area contributed by atoms with Crippen molar-refractivity contribution in [1.29, 1.82) is 0 Å². The van der Waals surface area contributed by atoms with E-state index in [1.807, 2.05) is 37.3 Å². The molecule has 1 aliphatic carbocycles. The SMILES string of the molecule is CC(C(=O)NC1CCCC(C(=O)O)C1)c1ccccc1. The van der Waals surface area contributed by atoms with E-state index in [1.165, 1.54) is 0 Å². The predicted molar refractivity (Wildman–Crippen MR) is 76.4 cm³/mol. The van der Waals surface area contributed by atoms with Crippen molar-refractivity contribution in [2.45, 2.75) is 44.6 Å². The van der Waals surface area contributed by atoms with Crippen molar-refractivity contribution in [3.63, 3.8) is 0 Å². The number of aliphatic carboxylic acids is 1. The van der Waals surface area contributed by atoms with Crippen molar-refractivity contribution >= 4 is 11.9 Å². The zero-order valence-electron chi connectivity index (χ0n) is 11.7. The van der Waals surface area contributed by atoms with Crippen LogP contribution in [-0.2, 0) is 9.59 Å². The Balaban J connectivity index is 1.92. The highest BCUT2D eigenvalue weighted by Crippen LogP contribution is 2.25. The van der Waals surface area contributed by atoms with Gasteiger partial charge in [-0.15, -0.1) is 0 Å². The highest BCUT2D eigenvalue weighted by Gasteiger charge is 2.28. The van der Waals surface area contributed by atoms with Crippen molar-refractivity contribution in [3.8, 4) is 0 Å². The number of benzene rings is 1.